The second-order valence-electron chi connectivity index (χ2n) is 7.26. The molecular weight excluding hydrogens is 342 g/mol. The molecule has 1 saturated heterocycles. The predicted octanol–water partition coefficient (Wildman–Crippen LogP) is 2.69. The molecule has 0 saturated carbocycles. The Morgan fingerprint density at radius 2 is 2.04 bits per heavy atom. The minimum atomic E-state index is -0.524. The van der Waals surface area contributed by atoms with E-state index in [0.717, 1.165) is 11.3 Å². The molecule has 0 aliphatic carbocycles. The molecule has 0 amide bonds. The lowest BCUT2D eigenvalue weighted by molar-refractivity contribution is -0.203. The molecule has 2 aromatic heterocycles. The zero-order valence-corrected chi connectivity index (χ0v) is 15.6. The number of anilines is 1. The number of rotatable bonds is 2. The van der Waals surface area contributed by atoms with E-state index in [0.29, 0.717) is 30.3 Å². The van der Waals surface area contributed by atoms with Gasteiger partial charge in [-0.3, -0.25) is 0 Å². The molecule has 8 heteroatoms. The second-order valence-corrected chi connectivity index (χ2v) is 7.65. The third-order valence-corrected chi connectivity index (χ3v) is 4.33. The summed E-state index contributed by atoms with van der Waals surface area (Å²) in [5.41, 5.74) is 0.911. The highest BCUT2D eigenvalue weighted by molar-refractivity contribution is 6.29. The fourth-order valence-corrected chi connectivity index (χ4v) is 2.84. The summed E-state index contributed by atoms with van der Waals surface area (Å²) < 4.78 is 0. The first-order valence-electron chi connectivity index (χ1n) is 8.27. The fraction of sp³-hybridized carbons (Fsp3) is 0.529. The van der Waals surface area contributed by atoms with Crippen LogP contribution in [0.2, 0.25) is 5.15 Å². The molecule has 134 valence electrons. The van der Waals surface area contributed by atoms with Crippen LogP contribution in [0.1, 0.15) is 27.7 Å². The summed E-state index contributed by atoms with van der Waals surface area (Å²) in [6, 6.07) is 3.65. The standard InChI is InChI=1S/C17H22ClN5O2/c1-11-9-22(25-16(24)17(2,3)4)7-8-23(11)15-14-12(19-10-20-15)5-6-13(18)21-14/h5-6,10-11H,7-9H2,1-4H3/t11-/m0/s1. The Bertz CT molecular complexity index is 792. The SMILES string of the molecule is C[C@H]1CN(OC(=O)C(C)(C)C)CCN1c1ncnc2ccc(Cl)nc12. The molecule has 1 atom stereocenters. The van der Waals surface area contributed by atoms with Gasteiger partial charge in [-0.15, -0.1) is 5.06 Å². The monoisotopic (exact) mass is 363 g/mol. The van der Waals surface area contributed by atoms with Gasteiger partial charge in [0.2, 0.25) is 0 Å². The van der Waals surface area contributed by atoms with Crippen molar-refractivity contribution in [1.82, 2.24) is 20.0 Å². The maximum absolute atomic E-state index is 12.1. The quantitative estimate of drug-likeness (QED) is 0.759. The van der Waals surface area contributed by atoms with Crippen molar-refractivity contribution in [3.05, 3.63) is 23.6 Å². The molecule has 3 heterocycles. The van der Waals surface area contributed by atoms with Gasteiger partial charge in [0.05, 0.1) is 24.0 Å². The van der Waals surface area contributed by atoms with Gasteiger partial charge in [-0.2, -0.15) is 0 Å². The lowest BCUT2D eigenvalue weighted by Crippen LogP contribution is -2.53. The Kier molecular flexibility index (Phi) is 4.79. The summed E-state index contributed by atoms with van der Waals surface area (Å²) in [6.07, 6.45) is 1.53. The van der Waals surface area contributed by atoms with E-state index in [9.17, 15) is 4.79 Å². The summed E-state index contributed by atoms with van der Waals surface area (Å²) in [6.45, 7) is 9.45. The number of hydrogen-bond acceptors (Lipinski definition) is 7. The Labute approximate surface area is 151 Å². The van der Waals surface area contributed by atoms with Crippen LogP contribution in [0.15, 0.2) is 18.5 Å². The minimum absolute atomic E-state index is 0.0976. The van der Waals surface area contributed by atoms with Crippen LogP contribution >= 0.6 is 11.6 Å². The van der Waals surface area contributed by atoms with Crippen LogP contribution in [0.3, 0.4) is 0 Å². The Morgan fingerprint density at radius 1 is 1.28 bits per heavy atom. The molecule has 1 fully saturated rings. The number of nitrogens with zero attached hydrogens (tertiary/aromatic N) is 5. The maximum Gasteiger partial charge on any atom is 0.330 e. The van der Waals surface area contributed by atoms with Gasteiger partial charge in [0.25, 0.3) is 0 Å². The van der Waals surface area contributed by atoms with E-state index in [-0.39, 0.29) is 12.0 Å². The molecule has 0 N–H and O–H groups in total. The molecule has 0 bridgehead atoms. The summed E-state index contributed by atoms with van der Waals surface area (Å²) in [4.78, 5) is 32.8. The van der Waals surface area contributed by atoms with Crippen molar-refractivity contribution in [2.24, 2.45) is 5.41 Å². The van der Waals surface area contributed by atoms with Crippen LogP contribution in [-0.2, 0) is 9.63 Å². The number of hydrogen-bond donors (Lipinski definition) is 0. The number of carbonyl (C=O) groups is 1. The highest BCUT2D eigenvalue weighted by atomic mass is 35.5. The van der Waals surface area contributed by atoms with Crippen LogP contribution in [-0.4, -0.2) is 51.7 Å². The molecule has 1 aliphatic heterocycles. The van der Waals surface area contributed by atoms with Crippen molar-refractivity contribution >= 4 is 34.4 Å². The fourth-order valence-electron chi connectivity index (χ4n) is 2.69. The number of piperazine rings is 1. The lowest BCUT2D eigenvalue weighted by atomic mass is 9.98. The van der Waals surface area contributed by atoms with Crippen molar-refractivity contribution in [2.45, 2.75) is 33.7 Å². The molecule has 25 heavy (non-hydrogen) atoms. The topological polar surface area (TPSA) is 71.5 Å². The van der Waals surface area contributed by atoms with Gasteiger partial charge in [0, 0.05) is 12.6 Å². The molecule has 3 rings (SSSR count). The lowest BCUT2D eigenvalue weighted by Gasteiger charge is -2.39. The van der Waals surface area contributed by atoms with Crippen LogP contribution in [0.4, 0.5) is 5.82 Å². The molecule has 0 aromatic carbocycles. The van der Waals surface area contributed by atoms with Gasteiger partial charge >= 0.3 is 5.97 Å². The van der Waals surface area contributed by atoms with Crippen molar-refractivity contribution in [3.8, 4) is 0 Å². The van der Waals surface area contributed by atoms with Gasteiger partial charge in [-0.1, -0.05) is 11.6 Å². The number of pyridine rings is 1. The average Bonchev–Trinajstić information content (AvgIpc) is 2.54. The first-order valence-corrected chi connectivity index (χ1v) is 8.65. The second kappa shape index (κ2) is 6.72. The van der Waals surface area contributed by atoms with Crippen molar-refractivity contribution < 1.29 is 9.63 Å². The molecule has 0 unspecified atom stereocenters. The van der Waals surface area contributed by atoms with Crippen molar-refractivity contribution in [2.75, 3.05) is 24.5 Å². The molecule has 2 aromatic rings. The summed E-state index contributed by atoms with van der Waals surface area (Å²) >= 11 is 6.04. The maximum atomic E-state index is 12.1. The highest BCUT2D eigenvalue weighted by Gasteiger charge is 2.31. The Morgan fingerprint density at radius 3 is 2.72 bits per heavy atom. The van der Waals surface area contributed by atoms with Crippen molar-refractivity contribution in [1.29, 1.82) is 0 Å². The third kappa shape index (κ3) is 3.82. The van der Waals surface area contributed by atoms with E-state index in [4.69, 9.17) is 16.4 Å². The molecule has 7 nitrogen and oxygen atoms in total. The average molecular weight is 364 g/mol. The van der Waals surface area contributed by atoms with Gasteiger partial charge in [0.1, 0.15) is 17.0 Å². The van der Waals surface area contributed by atoms with E-state index >= 15 is 0 Å². The number of aromatic nitrogens is 3. The van der Waals surface area contributed by atoms with E-state index < -0.39 is 5.41 Å². The minimum Gasteiger partial charge on any atom is -0.367 e. The number of halogens is 1. The van der Waals surface area contributed by atoms with Crippen LogP contribution in [0, 0.1) is 5.41 Å². The normalized spacial score (nSPS) is 19.2. The predicted molar refractivity (Wildman–Crippen MR) is 96.3 cm³/mol. The van der Waals surface area contributed by atoms with Crippen molar-refractivity contribution in [3.63, 3.8) is 0 Å². The van der Waals surface area contributed by atoms with Gasteiger partial charge in [-0.05, 0) is 39.8 Å². The van der Waals surface area contributed by atoms with E-state index in [1.54, 1.807) is 11.1 Å². The smallest absolute Gasteiger partial charge is 0.330 e. The zero-order chi connectivity index (χ0) is 18.2. The van der Waals surface area contributed by atoms with Gasteiger partial charge in [0.15, 0.2) is 5.82 Å². The Hall–Kier alpha value is -1.99. The number of fused-ring (bicyclic) bond motifs is 1. The Balaban J connectivity index is 1.78. The summed E-state index contributed by atoms with van der Waals surface area (Å²) in [7, 11) is 0. The first kappa shape index (κ1) is 17.8. The van der Waals surface area contributed by atoms with Crippen LogP contribution in [0.25, 0.3) is 11.0 Å². The van der Waals surface area contributed by atoms with E-state index in [2.05, 4.69) is 26.8 Å². The van der Waals surface area contributed by atoms with Gasteiger partial charge in [-0.25, -0.2) is 19.7 Å². The van der Waals surface area contributed by atoms with Gasteiger partial charge < -0.3 is 9.74 Å². The first-order chi connectivity index (χ1) is 11.8. The molecule has 0 spiro atoms. The summed E-state index contributed by atoms with van der Waals surface area (Å²) in [5.74, 6) is 0.524. The number of carbonyl (C=O) groups excluding carboxylic acids is 1. The van der Waals surface area contributed by atoms with Crippen LogP contribution < -0.4 is 4.90 Å². The largest absolute Gasteiger partial charge is 0.367 e. The third-order valence-electron chi connectivity index (χ3n) is 4.12. The van der Waals surface area contributed by atoms with E-state index in [1.807, 2.05) is 26.8 Å². The van der Waals surface area contributed by atoms with E-state index in [1.165, 1.54) is 6.33 Å². The van der Waals surface area contributed by atoms with Crippen LogP contribution in [0.5, 0.6) is 0 Å². The number of hydroxylamine groups is 2. The molecule has 1 aliphatic rings. The zero-order valence-electron chi connectivity index (χ0n) is 14.9. The molecular formula is C17H22ClN5O2. The molecule has 0 radical (unpaired) electrons. The summed E-state index contributed by atoms with van der Waals surface area (Å²) in [5, 5.41) is 2.13. The highest BCUT2D eigenvalue weighted by Crippen LogP contribution is 2.26.